The van der Waals surface area contributed by atoms with Gasteiger partial charge in [-0.05, 0) is 81.1 Å². The minimum absolute atomic E-state index is 0.310. The lowest BCUT2D eigenvalue weighted by Gasteiger charge is -2.33. The van der Waals surface area contributed by atoms with Crippen LogP contribution in [0.5, 0.6) is 5.75 Å². The number of sulfonamides is 1. The van der Waals surface area contributed by atoms with Crippen LogP contribution >= 0.6 is 0 Å². The van der Waals surface area contributed by atoms with E-state index in [2.05, 4.69) is 10.0 Å². The predicted octanol–water partition coefficient (Wildman–Crippen LogP) is 4.46. The van der Waals surface area contributed by atoms with Gasteiger partial charge in [0, 0.05) is 39.2 Å². The predicted molar refractivity (Wildman–Crippen MR) is 149 cm³/mol. The quantitative estimate of drug-likeness (QED) is 0.251. The zero-order valence-electron chi connectivity index (χ0n) is 23.0. The Morgan fingerprint density at radius 3 is 2.58 bits per heavy atom. The van der Waals surface area contributed by atoms with Crippen molar-refractivity contribution in [2.45, 2.75) is 82.2 Å². The summed E-state index contributed by atoms with van der Waals surface area (Å²) in [6.07, 6.45) is 6.56. The molecule has 38 heavy (non-hydrogen) atoms. The van der Waals surface area contributed by atoms with Crippen molar-refractivity contribution in [3.63, 3.8) is 0 Å². The minimum atomic E-state index is -3.40. The van der Waals surface area contributed by atoms with E-state index < -0.39 is 21.9 Å². The van der Waals surface area contributed by atoms with Gasteiger partial charge in [0.15, 0.2) is 0 Å². The zero-order valence-corrected chi connectivity index (χ0v) is 23.8. The number of aliphatic hydroxyl groups is 1. The Balaban J connectivity index is 1.16. The Kier molecular flexibility index (Phi) is 12.0. The second-order valence-corrected chi connectivity index (χ2v) is 12.1. The first-order valence-corrected chi connectivity index (χ1v) is 15.1. The van der Waals surface area contributed by atoms with E-state index in [0.29, 0.717) is 18.0 Å². The Labute approximate surface area is 228 Å². The molecule has 0 spiro atoms. The van der Waals surface area contributed by atoms with E-state index in [1.54, 1.807) is 18.2 Å². The lowest BCUT2D eigenvalue weighted by Crippen LogP contribution is -2.35. The monoisotopic (exact) mass is 548 g/mol. The second kappa shape index (κ2) is 15.0. The molecule has 2 aromatic rings. The number of benzene rings is 2. The molecule has 1 atom stereocenters. The fourth-order valence-electron chi connectivity index (χ4n) is 4.35. The van der Waals surface area contributed by atoms with Crippen molar-refractivity contribution in [1.82, 2.24) is 10.0 Å². The van der Waals surface area contributed by atoms with E-state index in [1.807, 2.05) is 38.1 Å². The SMILES string of the molecule is CNS(=O)(=O)c1cccc(CCCCOCCCCCCNC[C@@H](O)c2ccc3c(c2)COC(C)(C)O3)c1. The van der Waals surface area contributed by atoms with E-state index in [-0.39, 0.29) is 0 Å². The number of rotatable bonds is 17. The van der Waals surface area contributed by atoms with Crippen LogP contribution in [0.25, 0.3) is 0 Å². The van der Waals surface area contributed by atoms with Crippen molar-refractivity contribution >= 4 is 10.0 Å². The molecule has 3 N–H and O–H groups in total. The maximum absolute atomic E-state index is 11.9. The van der Waals surface area contributed by atoms with Gasteiger partial charge in [-0.25, -0.2) is 13.1 Å². The molecule has 0 bridgehead atoms. The van der Waals surface area contributed by atoms with Crippen LogP contribution in [-0.4, -0.2) is 52.7 Å². The first-order chi connectivity index (χ1) is 18.2. The molecule has 3 rings (SSSR count). The third-order valence-electron chi connectivity index (χ3n) is 6.61. The molecule has 0 saturated carbocycles. The van der Waals surface area contributed by atoms with Crippen LogP contribution in [0, 0.1) is 0 Å². The number of aliphatic hydroxyl groups excluding tert-OH is 1. The van der Waals surface area contributed by atoms with Crippen LogP contribution in [-0.2, 0) is 32.5 Å². The number of ether oxygens (including phenoxy) is 3. The van der Waals surface area contributed by atoms with Crippen LogP contribution in [0.1, 0.15) is 75.2 Å². The average molecular weight is 549 g/mol. The van der Waals surface area contributed by atoms with Crippen LogP contribution in [0.3, 0.4) is 0 Å². The van der Waals surface area contributed by atoms with Crippen molar-refractivity contribution in [3.05, 3.63) is 59.2 Å². The second-order valence-electron chi connectivity index (χ2n) is 10.2. The maximum Gasteiger partial charge on any atom is 0.240 e. The third-order valence-corrected chi connectivity index (χ3v) is 8.02. The van der Waals surface area contributed by atoms with Crippen LogP contribution in [0.2, 0.25) is 0 Å². The van der Waals surface area contributed by atoms with Crippen molar-refractivity contribution in [1.29, 1.82) is 0 Å². The molecule has 0 aliphatic carbocycles. The van der Waals surface area contributed by atoms with Gasteiger partial charge in [0.05, 0.1) is 17.6 Å². The lowest BCUT2D eigenvalue weighted by molar-refractivity contribution is -0.180. The summed E-state index contributed by atoms with van der Waals surface area (Å²) in [5.74, 6) is 0.205. The van der Waals surface area contributed by atoms with Crippen LogP contribution < -0.4 is 14.8 Å². The highest BCUT2D eigenvalue weighted by Gasteiger charge is 2.27. The van der Waals surface area contributed by atoms with Gasteiger partial charge in [0.1, 0.15) is 5.75 Å². The van der Waals surface area contributed by atoms with Crippen molar-refractivity contribution in [3.8, 4) is 5.75 Å². The van der Waals surface area contributed by atoms with Crippen molar-refractivity contribution in [2.24, 2.45) is 0 Å². The van der Waals surface area contributed by atoms with Gasteiger partial charge in [-0.15, -0.1) is 0 Å². The average Bonchev–Trinajstić information content (AvgIpc) is 2.90. The largest absolute Gasteiger partial charge is 0.463 e. The fraction of sp³-hybridized carbons (Fsp3) is 0.586. The molecule has 0 unspecified atom stereocenters. The molecular weight excluding hydrogens is 504 g/mol. The molecule has 0 radical (unpaired) electrons. The number of hydrogen-bond acceptors (Lipinski definition) is 7. The highest BCUT2D eigenvalue weighted by Crippen LogP contribution is 2.32. The molecule has 1 aliphatic rings. The van der Waals surface area contributed by atoms with E-state index in [0.717, 1.165) is 87.1 Å². The summed E-state index contributed by atoms with van der Waals surface area (Å²) in [6.45, 7) is 7.16. The Morgan fingerprint density at radius 2 is 1.79 bits per heavy atom. The smallest absolute Gasteiger partial charge is 0.240 e. The molecule has 1 aliphatic heterocycles. The Morgan fingerprint density at radius 1 is 1.03 bits per heavy atom. The van der Waals surface area contributed by atoms with Crippen molar-refractivity contribution in [2.75, 3.05) is 33.4 Å². The van der Waals surface area contributed by atoms with Gasteiger partial charge >= 0.3 is 0 Å². The summed E-state index contributed by atoms with van der Waals surface area (Å²) in [4.78, 5) is 0.310. The Bertz CT molecular complexity index is 1110. The summed E-state index contributed by atoms with van der Waals surface area (Å²) >= 11 is 0. The highest BCUT2D eigenvalue weighted by molar-refractivity contribution is 7.89. The van der Waals surface area contributed by atoms with E-state index in [1.165, 1.54) is 7.05 Å². The van der Waals surface area contributed by atoms with Gasteiger partial charge in [-0.3, -0.25) is 0 Å². The molecule has 212 valence electrons. The van der Waals surface area contributed by atoms with Crippen molar-refractivity contribution < 1.29 is 27.7 Å². The van der Waals surface area contributed by atoms with Crippen LogP contribution in [0.4, 0.5) is 0 Å². The Hall–Kier alpha value is -2.01. The zero-order chi connectivity index (χ0) is 27.4. The van der Waals surface area contributed by atoms with Gasteiger partial charge in [0.25, 0.3) is 0 Å². The molecule has 1 heterocycles. The standard InChI is InChI=1S/C29H44N2O6S/c1-29(2)36-22-25-20-24(14-15-28(25)37-29)27(32)21-31-16-7-4-5-8-17-35-18-9-6-11-23-12-10-13-26(19-23)38(33,34)30-3/h10,12-15,19-20,27,30-32H,4-9,11,16-18,21-22H2,1-3H3/t27-/m1/s1. The van der Waals surface area contributed by atoms with Gasteiger partial charge in [0.2, 0.25) is 15.8 Å². The lowest BCUT2D eigenvalue weighted by atomic mass is 10.0. The molecule has 8 nitrogen and oxygen atoms in total. The fourth-order valence-corrected chi connectivity index (χ4v) is 5.15. The summed E-state index contributed by atoms with van der Waals surface area (Å²) in [5, 5.41) is 13.9. The number of nitrogens with one attached hydrogen (secondary N) is 2. The van der Waals surface area contributed by atoms with E-state index in [9.17, 15) is 13.5 Å². The van der Waals surface area contributed by atoms with Gasteiger partial charge in [-0.1, -0.05) is 31.0 Å². The number of fused-ring (bicyclic) bond motifs is 1. The van der Waals surface area contributed by atoms with E-state index >= 15 is 0 Å². The molecule has 0 fully saturated rings. The molecule has 9 heteroatoms. The van der Waals surface area contributed by atoms with E-state index in [4.69, 9.17) is 14.2 Å². The van der Waals surface area contributed by atoms with Crippen LogP contribution in [0.15, 0.2) is 47.4 Å². The minimum Gasteiger partial charge on any atom is -0.463 e. The molecule has 2 aromatic carbocycles. The topological polar surface area (TPSA) is 106 Å². The third kappa shape index (κ3) is 9.94. The first-order valence-electron chi connectivity index (χ1n) is 13.6. The summed E-state index contributed by atoms with van der Waals surface area (Å²) < 4.78 is 43.4. The van der Waals surface area contributed by atoms with Gasteiger partial charge in [-0.2, -0.15) is 0 Å². The summed E-state index contributed by atoms with van der Waals surface area (Å²) in [6, 6.07) is 12.9. The van der Waals surface area contributed by atoms with Gasteiger partial charge < -0.3 is 24.6 Å². The number of hydrogen-bond donors (Lipinski definition) is 3. The molecule has 0 aromatic heterocycles. The normalized spacial score (nSPS) is 15.6. The summed E-state index contributed by atoms with van der Waals surface area (Å²) in [7, 11) is -1.97. The molecular formula is C29H44N2O6S. The summed E-state index contributed by atoms with van der Waals surface area (Å²) in [5.41, 5.74) is 2.87. The molecule has 0 saturated heterocycles. The first kappa shape index (κ1) is 30.5. The molecule has 0 amide bonds. The maximum atomic E-state index is 11.9. The number of unbranched alkanes of at least 4 members (excludes halogenated alkanes) is 4. The highest BCUT2D eigenvalue weighted by atomic mass is 32.2. The number of aryl methyl sites for hydroxylation is 1.